The van der Waals surface area contributed by atoms with Crippen LogP contribution in [0, 0.1) is 17.3 Å². The number of rotatable bonds is 4. The molecule has 1 heterocycles. The number of likely N-dealkylation sites (tertiary alicyclic amines) is 1. The van der Waals surface area contributed by atoms with Crippen molar-refractivity contribution in [3.8, 4) is 0 Å². The lowest BCUT2D eigenvalue weighted by Gasteiger charge is -2.43. The number of carbonyl (C=O) groups is 1. The van der Waals surface area contributed by atoms with Crippen LogP contribution in [-0.2, 0) is 9.53 Å². The predicted molar refractivity (Wildman–Crippen MR) is 80.3 cm³/mol. The summed E-state index contributed by atoms with van der Waals surface area (Å²) in [6, 6.07) is 0. The fourth-order valence-electron chi connectivity index (χ4n) is 3.78. The van der Waals surface area contributed by atoms with Gasteiger partial charge in [-0.05, 0) is 50.4 Å². The standard InChI is InChI=1S/C16H30N2O2/c1-13-5-7-16(12-17,8-6-13)15(19)18-9-3-4-14(10-18)11-20-2/h13-14H,3-12,17H2,1-2H3. The van der Waals surface area contributed by atoms with Gasteiger partial charge in [0.2, 0.25) is 5.91 Å². The van der Waals surface area contributed by atoms with E-state index in [-0.39, 0.29) is 5.41 Å². The number of ether oxygens (including phenoxy) is 1. The van der Waals surface area contributed by atoms with E-state index in [9.17, 15) is 4.79 Å². The monoisotopic (exact) mass is 282 g/mol. The highest BCUT2D eigenvalue weighted by molar-refractivity contribution is 5.83. The van der Waals surface area contributed by atoms with Gasteiger partial charge in [0.15, 0.2) is 0 Å². The van der Waals surface area contributed by atoms with Crippen LogP contribution in [0.5, 0.6) is 0 Å². The van der Waals surface area contributed by atoms with Crippen LogP contribution in [0.25, 0.3) is 0 Å². The van der Waals surface area contributed by atoms with Crippen molar-refractivity contribution in [3.05, 3.63) is 0 Å². The minimum Gasteiger partial charge on any atom is -0.384 e. The molecule has 1 atom stereocenters. The summed E-state index contributed by atoms with van der Waals surface area (Å²) in [4.78, 5) is 15.0. The maximum Gasteiger partial charge on any atom is 0.230 e. The second kappa shape index (κ2) is 6.90. The quantitative estimate of drug-likeness (QED) is 0.858. The highest BCUT2D eigenvalue weighted by Gasteiger charge is 2.43. The first-order chi connectivity index (χ1) is 9.61. The molecule has 2 aliphatic rings. The van der Waals surface area contributed by atoms with E-state index in [0.29, 0.717) is 18.4 Å². The van der Waals surface area contributed by atoms with Crippen molar-refractivity contribution in [1.82, 2.24) is 4.90 Å². The lowest BCUT2D eigenvalue weighted by Crippen LogP contribution is -2.52. The Kier molecular flexibility index (Phi) is 5.44. The van der Waals surface area contributed by atoms with Crippen molar-refractivity contribution < 1.29 is 9.53 Å². The molecule has 0 aromatic heterocycles. The Balaban J connectivity index is 2.01. The van der Waals surface area contributed by atoms with Crippen LogP contribution in [0.4, 0.5) is 0 Å². The molecular weight excluding hydrogens is 252 g/mol. The summed E-state index contributed by atoms with van der Waals surface area (Å²) in [7, 11) is 1.74. The molecule has 0 aromatic rings. The van der Waals surface area contributed by atoms with Gasteiger partial charge in [0.05, 0.1) is 12.0 Å². The van der Waals surface area contributed by atoms with E-state index in [1.165, 1.54) is 6.42 Å². The minimum atomic E-state index is -0.276. The number of methoxy groups -OCH3 is 1. The maximum absolute atomic E-state index is 13.0. The molecule has 0 spiro atoms. The van der Waals surface area contributed by atoms with Gasteiger partial charge in [-0.25, -0.2) is 0 Å². The van der Waals surface area contributed by atoms with Gasteiger partial charge in [0, 0.05) is 26.7 Å². The molecule has 2 N–H and O–H groups in total. The normalized spacial score (nSPS) is 35.0. The molecule has 4 heteroatoms. The molecule has 0 radical (unpaired) electrons. The first kappa shape index (κ1) is 15.8. The summed E-state index contributed by atoms with van der Waals surface area (Å²) in [5.41, 5.74) is 5.74. The van der Waals surface area contributed by atoms with Gasteiger partial charge >= 0.3 is 0 Å². The van der Waals surface area contributed by atoms with Crippen molar-refractivity contribution in [1.29, 1.82) is 0 Å². The van der Waals surface area contributed by atoms with Gasteiger partial charge in [-0.15, -0.1) is 0 Å². The van der Waals surface area contributed by atoms with Crippen LogP contribution in [0.2, 0.25) is 0 Å². The van der Waals surface area contributed by atoms with Crippen molar-refractivity contribution in [3.63, 3.8) is 0 Å². The van der Waals surface area contributed by atoms with Crippen molar-refractivity contribution in [2.75, 3.05) is 33.4 Å². The van der Waals surface area contributed by atoms with E-state index in [1.54, 1.807) is 7.11 Å². The molecule has 1 aliphatic carbocycles. The smallest absolute Gasteiger partial charge is 0.230 e. The third-order valence-electron chi connectivity index (χ3n) is 5.28. The molecular formula is C16H30N2O2. The zero-order valence-corrected chi connectivity index (χ0v) is 13.1. The van der Waals surface area contributed by atoms with Crippen LogP contribution >= 0.6 is 0 Å². The van der Waals surface area contributed by atoms with Crippen LogP contribution in [-0.4, -0.2) is 44.2 Å². The number of nitrogens with zero attached hydrogens (tertiary/aromatic N) is 1. The number of amides is 1. The number of hydrogen-bond acceptors (Lipinski definition) is 3. The number of nitrogens with two attached hydrogens (primary N) is 1. The third kappa shape index (κ3) is 3.34. The molecule has 4 nitrogen and oxygen atoms in total. The second-order valence-corrected chi connectivity index (χ2v) is 6.88. The van der Waals surface area contributed by atoms with Crippen molar-refractivity contribution >= 4 is 5.91 Å². The minimum absolute atomic E-state index is 0.276. The summed E-state index contributed by atoms with van der Waals surface area (Å²) in [5.74, 6) is 1.55. The largest absolute Gasteiger partial charge is 0.384 e. The zero-order valence-electron chi connectivity index (χ0n) is 13.1. The van der Waals surface area contributed by atoms with Crippen molar-refractivity contribution in [2.24, 2.45) is 23.0 Å². The Labute approximate surface area is 123 Å². The summed E-state index contributed by atoms with van der Waals surface area (Å²) in [5, 5.41) is 0. The van der Waals surface area contributed by atoms with Gasteiger partial charge < -0.3 is 15.4 Å². The highest BCUT2D eigenvalue weighted by Crippen LogP contribution is 2.40. The average Bonchev–Trinajstić information content (AvgIpc) is 2.48. The van der Waals surface area contributed by atoms with E-state index in [4.69, 9.17) is 10.5 Å². The molecule has 1 saturated carbocycles. The van der Waals surface area contributed by atoms with Crippen LogP contribution in [0.15, 0.2) is 0 Å². The number of hydrogen-bond donors (Lipinski definition) is 1. The Morgan fingerprint density at radius 3 is 2.65 bits per heavy atom. The topological polar surface area (TPSA) is 55.6 Å². The first-order valence-electron chi connectivity index (χ1n) is 8.09. The molecule has 20 heavy (non-hydrogen) atoms. The van der Waals surface area contributed by atoms with Gasteiger partial charge in [-0.1, -0.05) is 6.92 Å². The fraction of sp³-hybridized carbons (Fsp3) is 0.938. The Morgan fingerprint density at radius 1 is 1.35 bits per heavy atom. The highest BCUT2D eigenvalue weighted by atomic mass is 16.5. The van der Waals surface area contributed by atoms with E-state index in [0.717, 1.165) is 57.7 Å². The van der Waals surface area contributed by atoms with Crippen LogP contribution in [0.3, 0.4) is 0 Å². The second-order valence-electron chi connectivity index (χ2n) is 6.88. The maximum atomic E-state index is 13.0. The SMILES string of the molecule is COCC1CCCN(C(=O)C2(CN)CCC(C)CC2)C1. The average molecular weight is 282 g/mol. The van der Waals surface area contributed by atoms with Gasteiger partial charge in [-0.3, -0.25) is 4.79 Å². The molecule has 0 aromatic carbocycles. The predicted octanol–water partition coefficient (Wildman–Crippen LogP) is 2.03. The summed E-state index contributed by atoms with van der Waals surface area (Å²) >= 11 is 0. The third-order valence-corrected chi connectivity index (χ3v) is 5.28. The summed E-state index contributed by atoms with van der Waals surface area (Å²) < 4.78 is 5.26. The Bertz CT molecular complexity index is 322. The van der Waals surface area contributed by atoms with Gasteiger partial charge in [-0.2, -0.15) is 0 Å². The Morgan fingerprint density at radius 2 is 2.05 bits per heavy atom. The number of carbonyl (C=O) groups excluding carboxylic acids is 1. The van der Waals surface area contributed by atoms with Crippen LogP contribution in [0.1, 0.15) is 45.4 Å². The van der Waals surface area contributed by atoms with E-state index < -0.39 is 0 Å². The van der Waals surface area contributed by atoms with E-state index >= 15 is 0 Å². The Hall–Kier alpha value is -0.610. The lowest BCUT2D eigenvalue weighted by molar-refractivity contribution is -0.146. The lowest BCUT2D eigenvalue weighted by atomic mass is 9.69. The van der Waals surface area contributed by atoms with Crippen LogP contribution < -0.4 is 5.73 Å². The molecule has 0 bridgehead atoms. The fourth-order valence-corrected chi connectivity index (χ4v) is 3.78. The molecule has 1 amide bonds. The van der Waals surface area contributed by atoms with Gasteiger partial charge in [0.1, 0.15) is 0 Å². The molecule has 1 unspecified atom stereocenters. The molecule has 2 rings (SSSR count). The number of piperidine rings is 1. The summed E-state index contributed by atoms with van der Waals surface area (Å²) in [6.45, 7) is 5.29. The van der Waals surface area contributed by atoms with E-state index in [1.807, 2.05) is 0 Å². The first-order valence-corrected chi connectivity index (χ1v) is 8.09. The molecule has 1 aliphatic heterocycles. The van der Waals surface area contributed by atoms with E-state index in [2.05, 4.69) is 11.8 Å². The molecule has 116 valence electrons. The zero-order chi connectivity index (χ0) is 14.6. The summed E-state index contributed by atoms with van der Waals surface area (Å²) in [6.07, 6.45) is 6.47. The van der Waals surface area contributed by atoms with Crippen molar-refractivity contribution in [2.45, 2.75) is 45.4 Å². The molecule has 1 saturated heterocycles. The molecule has 2 fully saturated rings. The van der Waals surface area contributed by atoms with Gasteiger partial charge in [0.25, 0.3) is 0 Å².